The highest BCUT2D eigenvalue weighted by Crippen LogP contribution is 2.25. The number of phenolic OH excluding ortho intramolecular Hbond substituents is 1. The minimum absolute atomic E-state index is 0.0567. The number of rotatable bonds is 5. The maximum atomic E-state index is 12.5. The van der Waals surface area contributed by atoms with E-state index in [0.29, 0.717) is 12.1 Å². The van der Waals surface area contributed by atoms with E-state index in [4.69, 9.17) is 16.7 Å². The summed E-state index contributed by atoms with van der Waals surface area (Å²) in [5, 5.41) is 17.3. The van der Waals surface area contributed by atoms with Crippen molar-refractivity contribution in [2.45, 2.75) is 6.54 Å². The van der Waals surface area contributed by atoms with Crippen LogP contribution in [-0.2, 0) is 6.54 Å². The Bertz CT molecular complexity index is 1140. The molecule has 4 rings (SSSR count). The fourth-order valence-corrected chi connectivity index (χ4v) is 3.20. The summed E-state index contributed by atoms with van der Waals surface area (Å²) in [5.74, 6) is -0.336. The normalized spacial score (nSPS) is 10.7. The first-order valence-corrected chi connectivity index (χ1v) is 9.46. The SMILES string of the molecule is O=C(NCc1cn(-c2ccccc2)nc1-c1ccccc1)c1ccc(O)c(Cl)c1. The zero-order valence-electron chi connectivity index (χ0n) is 15.4. The zero-order chi connectivity index (χ0) is 20.2. The highest BCUT2D eigenvalue weighted by atomic mass is 35.5. The van der Waals surface area contributed by atoms with E-state index in [2.05, 4.69) is 5.32 Å². The summed E-state index contributed by atoms with van der Waals surface area (Å²) < 4.78 is 1.81. The van der Waals surface area contributed by atoms with Crippen molar-refractivity contribution in [3.05, 3.63) is 101 Å². The molecule has 0 atom stereocenters. The van der Waals surface area contributed by atoms with Crippen LogP contribution in [0.4, 0.5) is 0 Å². The van der Waals surface area contributed by atoms with Gasteiger partial charge in [0.1, 0.15) is 5.75 Å². The number of carbonyl (C=O) groups excluding carboxylic acids is 1. The third-order valence-electron chi connectivity index (χ3n) is 4.51. The third-order valence-corrected chi connectivity index (χ3v) is 4.81. The Kier molecular flexibility index (Phi) is 5.31. The summed E-state index contributed by atoms with van der Waals surface area (Å²) in [6.45, 7) is 0.300. The highest BCUT2D eigenvalue weighted by Gasteiger charge is 2.14. The summed E-state index contributed by atoms with van der Waals surface area (Å²) in [7, 11) is 0. The number of benzene rings is 3. The molecular weight excluding hydrogens is 386 g/mol. The van der Waals surface area contributed by atoms with Crippen molar-refractivity contribution >= 4 is 17.5 Å². The van der Waals surface area contributed by atoms with Gasteiger partial charge in [0.2, 0.25) is 0 Å². The van der Waals surface area contributed by atoms with E-state index < -0.39 is 0 Å². The average molecular weight is 404 g/mol. The van der Waals surface area contributed by atoms with Gasteiger partial charge >= 0.3 is 0 Å². The number of hydrogen-bond donors (Lipinski definition) is 2. The Labute approximate surface area is 173 Å². The predicted octanol–water partition coefficient (Wildman–Crippen LogP) is 4.83. The molecule has 0 fully saturated rings. The second-order valence-electron chi connectivity index (χ2n) is 6.50. The fourth-order valence-electron chi connectivity index (χ4n) is 3.02. The van der Waals surface area contributed by atoms with Crippen molar-refractivity contribution in [1.29, 1.82) is 0 Å². The molecule has 0 radical (unpaired) electrons. The number of halogens is 1. The molecule has 5 nitrogen and oxygen atoms in total. The molecule has 2 N–H and O–H groups in total. The highest BCUT2D eigenvalue weighted by molar-refractivity contribution is 6.32. The van der Waals surface area contributed by atoms with Crippen LogP contribution in [-0.4, -0.2) is 20.8 Å². The van der Waals surface area contributed by atoms with Crippen LogP contribution in [0.5, 0.6) is 5.75 Å². The Morgan fingerprint density at radius 1 is 1.00 bits per heavy atom. The van der Waals surface area contributed by atoms with Gasteiger partial charge in [0.25, 0.3) is 5.91 Å². The molecule has 6 heteroatoms. The molecule has 0 saturated heterocycles. The largest absolute Gasteiger partial charge is 0.506 e. The maximum Gasteiger partial charge on any atom is 0.251 e. The van der Waals surface area contributed by atoms with Gasteiger partial charge in [-0.1, -0.05) is 60.1 Å². The van der Waals surface area contributed by atoms with Gasteiger partial charge in [-0.2, -0.15) is 5.10 Å². The molecule has 0 saturated carbocycles. The van der Waals surface area contributed by atoms with Crippen molar-refractivity contribution in [3.8, 4) is 22.7 Å². The van der Waals surface area contributed by atoms with Gasteiger partial charge in [0.05, 0.1) is 16.4 Å². The molecule has 0 aliphatic carbocycles. The third kappa shape index (κ3) is 4.15. The number of hydrogen-bond acceptors (Lipinski definition) is 3. The smallest absolute Gasteiger partial charge is 0.251 e. The topological polar surface area (TPSA) is 67.2 Å². The summed E-state index contributed by atoms with van der Waals surface area (Å²) in [4.78, 5) is 12.5. The van der Waals surface area contributed by atoms with Crippen LogP contribution in [0.25, 0.3) is 16.9 Å². The van der Waals surface area contributed by atoms with Gasteiger partial charge in [-0.3, -0.25) is 4.79 Å². The lowest BCUT2D eigenvalue weighted by Crippen LogP contribution is -2.22. The summed E-state index contributed by atoms with van der Waals surface area (Å²) in [6, 6.07) is 24.0. The van der Waals surface area contributed by atoms with Gasteiger partial charge in [-0.15, -0.1) is 0 Å². The molecule has 0 spiro atoms. The van der Waals surface area contributed by atoms with Gasteiger partial charge in [-0.05, 0) is 30.3 Å². The Balaban J connectivity index is 1.62. The second kappa shape index (κ2) is 8.20. The number of carbonyl (C=O) groups is 1. The van der Waals surface area contributed by atoms with Crippen molar-refractivity contribution < 1.29 is 9.90 Å². The number of nitrogens with zero attached hydrogens (tertiary/aromatic N) is 2. The molecule has 0 aliphatic heterocycles. The quantitative estimate of drug-likeness (QED) is 0.501. The number of aromatic nitrogens is 2. The van der Waals surface area contributed by atoms with Crippen LogP contribution < -0.4 is 5.32 Å². The van der Waals surface area contributed by atoms with Gasteiger partial charge in [0, 0.05) is 29.4 Å². The average Bonchev–Trinajstić information content (AvgIpc) is 3.19. The molecular formula is C23H18ClN3O2. The Hall–Kier alpha value is -3.57. The predicted molar refractivity (Wildman–Crippen MR) is 113 cm³/mol. The van der Waals surface area contributed by atoms with Gasteiger partial charge < -0.3 is 10.4 Å². The van der Waals surface area contributed by atoms with E-state index in [1.165, 1.54) is 18.2 Å². The number of amides is 1. The molecule has 144 valence electrons. The van der Waals surface area contributed by atoms with Gasteiger partial charge in [0.15, 0.2) is 0 Å². The number of phenols is 1. The van der Waals surface area contributed by atoms with Gasteiger partial charge in [-0.25, -0.2) is 4.68 Å². The minimum Gasteiger partial charge on any atom is -0.506 e. The molecule has 1 aromatic heterocycles. The lowest BCUT2D eigenvalue weighted by atomic mass is 10.1. The van der Waals surface area contributed by atoms with Crippen LogP contribution in [0.2, 0.25) is 5.02 Å². The van der Waals surface area contributed by atoms with E-state index in [0.717, 1.165) is 22.5 Å². The molecule has 3 aromatic carbocycles. The first-order chi connectivity index (χ1) is 14.1. The van der Waals surface area contributed by atoms with Crippen molar-refractivity contribution in [2.75, 3.05) is 0 Å². The summed E-state index contributed by atoms with van der Waals surface area (Å²) in [5.41, 5.74) is 3.98. The summed E-state index contributed by atoms with van der Waals surface area (Å²) >= 11 is 5.91. The van der Waals surface area contributed by atoms with Crippen molar-refractivity contribution in [1.82, 2.24) is 15.1 Å². The molecule has 4 aromatic rings. The monoisotopic (exact) mass is 403 g/mol. The van der Waals surface area contributed by atoms with Crippen LogP contribution >= 0.6 is 11.6 Å². The number of para-hydroxylation sites is 1. The lowest BCUT2D eigenvalue weighted by molar-refractivity contribution is 0.0951. The van der Waals surface area contributed by atoms with E-state index in [1.807, 2.05) is 66.9 Å². The molecule has 1 amide bonds. The first-order valence-electron chi connectivity index (χ1n) is 9.08. The Morgan fingerprint density at radius 3 is 2.38 bits per heavy atom. The van der Waals surface area contributed by atoms with Crippen LogP contribution in [0.3, 0.4) is 0 Å². The zero-order valence-corrected chi connectivity index (χ0v) is 16.2. The minimum atomic E-state index is -0.279. The number of nitrogens with one attached hydrogen (secondary N) is 1. The lowest BCUT2D eigenvalue weighted by Gasteiger charge is -2.07. The van der Waals surface area contributed by atoms with E-state index >= 15 is 0 Å². The van der Waals surface area contributed by atoms with Crippen molar-refractivity contribution in [3.63, 3.8) is 0 Å². The molecule has 0 bridgehead atoms. The second-order valence-corrected chi connectivity index (χ2v) is 6.91. The molecule has 0 unspecified atom stereocenters. The van der Waals surface area contributed by atoms with Crippen LogP contribution in [0, 0.1) is 0 Å². The van der Waals surface area contributed by atoms with Crippen LogP contribution in [0.15, 0.2) is 85.1 Å². The van der Waals surface area contributed by atoms with E-state index in [-0.39, 0.29) is 16.7 Å². The van der Waals surface area contributed by atoms with E-state index in [1.54, 1.807) is 4.68 Å². The van der Waals surface area contributed by atoms with Crippen molar-refractivity contribution in [2.24, 2.45) is 0 Å². The fraction of sp³-hybridized carbons (Fsp3) is 0.0435. The standard InChI is InChI=1S/C23H18ClN3O2/c24-20-13-17(11-12-21(20)28)23(29)25-14-18-15-27(19-9-5-2-6-10-19)26-22(18)16-7-3-1-4-8-16/h1-13,15,28H,14H2,(H,25,29). The van der Waals surface area contributed by atoms with Crippen LogP contribution in [0.1, 0.15) is 15.9 Å². The molecule has 29 heavy (non-hydrogen) atoms. The maximum absolute atomic E-state index is 12.5. The first kappa shape index (κ1) is 18.8. The molecule has 0 aliphatic rings. The summed E-state index contributed by atoms with van der Waals surface area (Å²) in [6.07, 6.45) is 1.92. The Morgan fingerprint density at radius 2 is 1.69 bits per heavy atom. The molecule has 1 heterocycles. The number of aromatic hydroxyl groups is 1. The van der Waals surface area contributed by atoms with E-state index in [9.17, 15) is 9.90 Å².